The minimum Gasteiger partial charge on any atom is -0.342 e. The Bertz CT molecular complexity index is 956. The molecule has 0 aromatic carbocycles. The summed E-state index contributed by atoms with van der Waals surface area (Å²) in [5.74, 6) is 0.250. The van der Waals surface area contributed by atoms with Crippen molar-refractivity contribution >= 4 is 17.0 Å². The average molecular weight is 407 g/mol. The molecule has 0 N–H and O–H groups in total. The molecule has 8 heteroatoms. The van der Waals surface area contributed by atoms with E-state index in [0.29, 0.717) is 49.2 Å². The summed E-state index contributed by atoms with van der Waals surface area (Å²) in [5.41, 5.74) is 0.188. The molecule has 1 amide bonds. The molecule has 3 fully saturated rings. The topological polar surface area (TPSA) is 59.2 Å². The molecule has 0 bridgehead atoms. The van der Waals surface area contributed by atoms with Crippen LogP contribution in [0.4, 0.5) is 13.2 Å². The third-order valence-electron chi connectivity index (χ3n) is 7.22. The van der Waals surface area contributed by atoms with Gasteiger partial charge in [0.2, 0.25) is 5.91 Å². The van der Waals surface area contributed by atoms with Gasteiger partial charge in [0.05, 0.1) is 16.6 Å². The van der Waals surface area contributed by atoms with Crippen LogP contribution in [0, 0.1) is 11.3 Å². The average Bonchev–Trinajstić information content (AvgIpc) is 3.32. The molecule has 2 aromatic rings. The lowest BCUT2D eigenvalue weighted by Crippen LogP contribution is -2.40. The van der Waals surface area contributed by atoms with Crippen molar-refractivity contribution in [2.75, 3.05) is 13.1 Å². The van der Waals surface area contributed by atoms with E-state index in [1.807, 2.05) is 4.90 Å². The van der Waals surface area contributed by atoms with E-state index in [-0.39, 0.29) is 28.8 Å². The first kappa shape index (κ1) is 18.9. The van der Waals surface area contributed by atoms with Gasteiger partial charge in [-0.05, 0) is 50.0 Å². The molecule has 1 saturated heterocycles. The molecule has 5 nitrogen and oxygen atoms in total. The van der Waals surface area contributed by atoms with E-state index in [9.17, 15) is 18.0 Å². The summed E-state index contributed by atoms with van der Waals surface area (Å²) in [6.45, 7) is 2.88. The molecule has 1 atom stereocenters. The lowest BCUT2D eigenvalue weighted by molar-refractivity contribution is -0.136. The lowest BCUT2D eigenvalue weighted by Gasteiger charge is -2.33. The number of aryl methyl sites for hydroxylation is 1. The number of likely N-dealkylation sites (tertiary alicyclic amines) is 1. The van der Waals surface area contributed by atoms with Crippen LogP contribution in [0.15, 0.2) is 10.6 Å². The Kier molecular flexibility index (Phi) is 4.19. The second kappa shape index (κ2) is 6.44. The van der Waals surface area contributed by atoms with Gasteiger partial charge in [0.15, 0.2) is 0 Å². The Labute approximate surface area is 166 Å². The van der Waals surface area contributed by atoms with E-state index >= 15 is 0 Å². The molecule has 0 radical (unpaired) electrons. The molecule has 156 valence electrons. The monoisotopic (exact) mass is 407 g/mol. The van der Waals surface area contributed by atoms with Gasteiger partial charge in [-0.25, -0.2) is 4.98 Å². The Hall–Kier alpha value is -2.12. The number of hydrogen-bond donors (Lipinski definition) is 0. The summed E-state index contributed by atoms with van der Waals surface area (Å²) >= 11 is 0. The maximum atomic E-state index is 13.7. The maximum Gasteiger partial charge on any atom is 0.417 e. The van der Waals surface area contributed by atoms with Crippen LogP contribution in [-0.4, -0.2) is 34.0 Å². The zero-order valence-electron chi connectivity index (χ0n) is 16.4. The fraction of sp³-hybridized carbons (Fsp3) is 0.667. The number of fused-ring (bicyclic) bond motifs is 1. The summed E-state index contributed by atoms with van der Waals surface area (Å²) in [5, 5.41) is 3.97. The number of hydrogen-bond acceptors (Lipinski definition) is 4. The Balaban J connectivity index is 1.36. The van der Waals surface area contributed by atoms with E-state index in [1.165, 1.54) is 6.42 Å². The second-order valence-corrected chi connectivity index (χ2v) is 8.83. The smallest absolute Gasteiger partial charge is 0.342 e. The SMILES string of the molecule is CCc1cc(C(F)(F)F)c2c(C3CCN(C(=O)[C@H]4CC45CCC5)CC3)noc2n1. The highest BCUT2D eigenvalue weighted by Crippen LogP contribution is 2.66. The minimum atomic E-state index is -4.49. The van der Waals surface area contributed by atoms with Gasteiger partial charge in [-0.1, -0.05) is 18.5 Å². The molecule has 29 heavy (non-hydrogen) atoms. The summed E-state index contributed by atoms with van der Waals surface area (Å²) in [7, 11) is 0. The molecule has 1 spiro atoms. The fourth-order valence-corrected chi connectivity index (χ4v) is 5.18. The summed E-state index contributed by atoms with van der Waals surface area (Å²) in [4.78, 5) is 18.9. The molecule has 2 aliphatic carbocycles. The zero-order chi connectivity index (χ0) is 20.4. The highest BCUT2D eigenvalue weighted by Gasteiger charge is 2.61. The van der Waals surface area contributed by atoms with E-state index in [2.05, 4.69) is 10.1 Å². The van der Waals surface area contributed by atoms with Gasteiger partial charge in [-0.3, -0.25) is 4.79 Å². The second-order valence-electron chi connectivity index (χ2n) is 8.83. The molecule has 2 aromatic heterocycles. The molecule has 5 rings (SSSR count). The number of carbonyl (C=O) groups excluding carboxylic acids is 1. The number of halogens is 3. The molecular weight excluding hydrogens is 383 g/mol. The molecule has 2 saturated carbocycles. The van der Waals surface area contributed by atoms with Crippen molar-refractivity contribution in [1.29, 1.82) is 0 Å². The third kappa shape index (κ3) is 3.02. The Morgan fingerprint density at radius 3 is 2.59 bits per heavy atom. The minimum absolute atomic E-state index is 0.0184. The van der Waals surface area contributed by atoms with Crippen LogP contribution in [0.5, 0.6) is 0 Å². The highest BCUT2D eigenvalue weighted by molar-refractivity contribution is 5.83. The molecular formula is C21H24F3N3O2. The third-order valence-corrected chi connectivity index (χ3v) is 7.22. The van der Waals surface area contributed by atoms with E-state index in [4.69, 9.17) is 4.52 Å². The fourth-order valence-electron chi connectivity index (χ4n) is 5.18. The first-order valence-corrected chi connectivity index (χ1v) is 10.5. The van der Waals surface area contributed by atoms with Gasteiger partial charge in [0, 0.05) is 30.6 Å². The number of rotatable bonds is 3. The number of amides is 1. The summed E-state index contributed by atoms with van der Waals surface area (Å²) < 4.78 is 46.3. The van der Waals surface area contributed by atoms with Gasteiger partial charge in [0.25, 0.3) is 5.71 Å². The van der Waals surface area contributed by atoms with E-state index in [0.717, 1.165) is 25.3 Å². The van der Waals surface area contributed by atoms with Crippen molar-refractivity contribution in [3.05, 3.63) is 23.0 Å². The van der Waals surface area contributed by atoms with Crippen LogP contribution < -0.4 is 0 Å². The predicted octanol–water partition coefficient (Wildman–Crippen LogP) is 4.70. The Morgan fingerprint density at radius 2 is 2.03 bits per heavy atom. The number of pyridine rings is 1. The van der Waals surface area contributed by atoms with Crippen molar-refractivity contribution in [2.24, 2.45) is 11.3 Å². The van der Waals surface area contributed by atoms with Crippen LogP contribution in [0.25, 0.3) is 11.1 Å². The van der Waals surface area contributed by atoms with Crippen molar-refractivity contribution in [1.82, 2.24) is 15.0 Å². The summed E-state index contributed by atoms with van der Waals surface area (Å²) in [6, 6.07) is 1.10. The quantitative estimate of drug-likeness (QED) is 0.740. The highest BCUT2D eigenvalue weighted by atomic mass is 19.4. The largest absolute Gasteiger partial charge is 0.417 e. The van der Waals surface area contributed by atoms with Crippen molar-refractivity contribution in [3.63, 3.8) is 0 Å². The molecule has 3 heterocycles. The zero-order valence-corrected chi connectivity index (χ0v) is 16.4. The Morgan fingerprint density at radius 1 is 1.31 bits per heavy atom. The van der Waals surface area contributed by atoms with Crippen LogP contribution in [-0.2, 0) is 17.4 Å². The van der Waals surface area contributed by atoms with E-state index in [1.54, 1.807) is 6.92 Å². The van der Waals surface area contributed by atoms with Crippen molar-refractivity contribution in [2.45, 2.75) is 64.0 Å². The first-order valence-electron chi connectivity index (χ1n) is 10.5. The molecule has 1 aliphatic heterocycles. The number of alkyl halides is 3. The van der Waals surface area contributed by atoms with Crippen LogP contribution >= 0.6 is 0 Å². The first-order chi connectivity index (χ1) is 13.8. The van der Waals surface area contributed by atoms with Gasteiger partial charge in [-0.15, -0.1) is 0 Å². The predicted molar refractivity (Wildman–Crippen MR) is 99.1 cm³/mol. The van der Waals surface area contributed by atoms with Crippen LogP contribution in [0.1, 0.15) is 68.3 Å². The maximum absolute atomic E-state index is 13.7. The number of nitrogens with zero attached hydrogens (tertiary/aromatic N) is 3. The summed E-state index contributed by atoms with van der Waals surface area (Å²) in [6.07, 6.45) is 1.65. The number of aromatic nitrogens is 2. The normalized spacial score (nSPS) is 24.1. The molecule has 3 aliphatic rings. The standard InChI is InChI=1S/C21H24F3N3O2/c1-2-13-10-14(21(22,23)24)16-17(26-29-18(16)25-13)12-4-8-27(9-5-12)19(28)15-11-20(15)6-3-7-20/h10,12,15H,2-9,11H2,1H3/t15-/m1/s1. The number of piperidine rings is 1. The van der Waals surface area contributed by atoms with E-state index < -0.39 is 11.7 Å². The van der Waals surface area contributed by atoms with Crippen molar-refractivity contribution in [3.8, 4) is 0 Å². The van der Waals surface area contributed by atoms with Crippen LogP contribution in [0.3, 0.4) is 0 Å². The molecule has 0 unspecified atom stereocenters. The van der Waals surface area contributed by atoms with Gasteiger partial charge < -0.3 is 9.42 Å². The van der Waals surface area contributed by atoms with Crippen molar-refractivity contribution < 1.29 is 22.5 Å². The van der Waals surface area contributed by atoms with Gasteiger partial charge in [0.1, 0.15) is 0 Å². The van der Waals surface area contributed by atoms with Gasteiger partial charge >= 0.3 is 6.18 Å². The lowest BCUT2D eigenvalue weighted by atomic mass is 9.79. The number of carbonyl (C=O) groups is 1. The van der Waals surface area contributed by atoms with Gasteiger partial charge in [-0.2, -0.15) is 13.2 Å². The van der Waals surface area contributed by atoms with Crippen LogP contribution in [0.2, 0.25) is 0 Å².